The lowest BCUT2D eigenvalue weighted by Gasteiger charge is -2.19. The zero-order valence-electron chi connectivity index (χ0n) is 7.75. The van der Waals surface area contributed by atoms with E-state index in [2.05, 4.69) is 18.5 Å². The van der Waals surface area contributed by atoms with Crippen molar-refractivity contribution in [1.82, 2.24) is 4.90 Å². The molecule has 1 aliphatic heterocycles. The van der Waals surface area contributed by atoms with Gasteiger partial charge in [-0.05, 0) is 32.9 Å². The molecule has 0 aromatic carbocycles. The van der Waals surface area contributed by atoms with Gasteiger partial charge in [-0.2, -0.15) is 0 Å². The van der Waals surface area contributed by atoms with Crippen LogP contribution in [0.4, 0.5) is 0 Å². The monoisotopic (exact) mass is 167 g/mol. The third-order valence-corrected chi connectivity index (χ3v) is 2.57. The van der Waals surface area contributed by atoms with E-state index < -0.39 is 0 Å². The summed E-state index contributed by atoms with van der Waals surface area (Å²) in [6.07, 6.45) is 5.01. The van der Waals surface area contributed by atoms with Gasteiger partial charge in [-0.3, -0.25) is 0 Å². The van der Waals surface area contributed by atoms with Crippen molar-refractivity contribution < 1.29 is 4.79 Å². The molecule has 0 N–H and O–H groups in total. The molecule has 1 atom stereocenters. The Kier molecular flexibility index (Phi) is 3.48. The van der Waals surface area contributed by atoms with Gasteiger partial charge in [0.25, 0.3) is 0 Å². The van der Waals surface area contributed by atoms with E-state index in [1.165, 1.54) is 19.4 Å². The van der Waals surface area contributed by atoms with Gasteiger partial charge < -0.3 is 9.69 Å². The van der Waals surface area contributed by atoms with E-state index in [0.717, 1.165) is 18.3 Å². The Morgan fingerprint density at radius 1 is 1.75 bits per heavy atom. The van der Waals surface area contributed by atoms with Crippen LogP contribution in [0.2, 0.25) is 0 Å². The van der Waals surface area contributed by atoms with Crippen molar-refractivity contribution >= 4 is 6.29 Å². The predicted molar refractivity (Wildman–Crippen MR) is 50.1 cm³/mol. The Balaban J connectivity index is 2.29. The first-order valence-electron chi connectivity index (χ1n) is 4.54. The van der Waals surface area contributed by atoms with Crippen LogP contribution in [0.25, 0.3) is 0 Å². The fourth-order valence-corrected chi connectivity index (χ4v) is 1.77. The summed E-state index contributed by atoms with van der Waals surface area (Å²) >= 11 is 0. The quantitative estimate of drug-likeness (QED) is 0.468. The molecule has 1 aliphatic rings. The Bertz CT molecular complexity index is 177. The molecule has 12 heavy (non-hydrogen) atoms. The van der Waals surface area contributed by atoms with E-state index in [-0.39, 0.29) is 0 Å². The second kappa shape index (κ2) is 4.41. The van der Waals surface area contributed by atoms with Gasteiger partial charge in [0.2, 0.25) is 0 Å². The minimum absolute atomic E-state index is 0.532. The summed E-state index contributed by atoms with van der Waals surface area (Å²) in [4.78, 5) is 12.6. The van der Waals surface area contributed by atoms with Gasteiger partial charge in [0.15, 0.2) is 0 Å². The van der Waals surface area contributed by atoms with Crippen molar-refractivity contribution in [1.29, 1.82) is 0 Å². The van der Waals surface area contributed by atoms with Crippen LogP contribution in [0.3, 0.4) is 0 Å². The Hall–Kier alpha value is -0.630. The van der Waals surface area contributed by atoms with Crippen LogP contribution in [-0.2, 0) is 4.79 Å². The van der Waals surface area contributed by atoms with Crippen LogP contribution in [-0.4, -0.2) is 30.8 Å². The van der Waals surface area contributed by atoms with Gasteiger partial charge >= 0.3 is 0 Å². The minimum atomic E-state index is 0.532. The molecule has 1 fully saturated rings. The molecule has 0 amide bonds. The van der Waals surface area contributed by atoms with Gasteiger partial charge in [-0.25, -0.2) is 0 Å². The number of hydrogen-bond donors (Lipinski definition) is 0. The summed E-state index contributed by atoms with van der Waals surface area (Å²) in [7, 11) is 2.14. The summed E-state index contributed by atoms with van der Waals surface area (Å²) in [6.45, 7) is 5.08. The molecule has 1 saturated heterocycles. The first-order chi connectivity index (χ1) is 5.74. The number of aldehydes is 1. The third-order valence-electron chi connectivity index (χ3n) is 2.57. The molecule has 68 valence electrons. The summed E-state index contributed by atoms with van der Waals surface area (Å²) in [5.74, 6) is 0. The first kappa shape index (κ1) is 9.46. The first-order valence-corrected chi connectivity index (χ1v) is 4.54. The topological polar surface area (TPSA) is 20.3 Å². The van der Waals surface area contributed by atoms with E-state index in [4.69, 9.17) is 0 Å². The molecule has 0 spiro atoms. The highest BCUT2D eigenvalue weighted by Gasteiger charge is 2.20. The molecule has 0 saturated carbocycles. The van der Waals surface area contributed by atoms with Crippen molar-refractivity contribution in [3.8, 4) is 0 Å². The maximum Gasteiger partial charge on any atom is 0.124 e. The zero-order chi connectivity index (χ0) is 8.97. The van der Waals surface area contributed by atoms with Crippen molar-refractivity contribution in [2.75, 3.05) is 13.6 Å². The van der Waals surface area contributed by atoms with Crippen LogP contribution in [0.1, 0.15) is 25.7 Å². The van der Waals surface area contributed by atoms with Crippen LogP contribution in [0.15, 0.2) is 12.2 Å². The lowest BCUT2D eigenvalue weighted by molar-refractivity contribution is -0.107. The molecule has 0 aromatic rings. The number of nitrogens with zero attached hydrogens (tertiary/aromatic N) is 1. The second-order valence-corrected chi connectivity index (χ2v) is 3.60. The Labute approximate surface area is 74.2 Å². The number of hydrogen-bond acceptors (Lipinski definition) is 2. The van der Waals surface area contributed by atoms with E-state index in [0.29, 0.717) is 12.5 Å². The molecule has 0 bridgehead atoms. The Morgan fingerprint density at radius 3 is 3.00 bits per heavy atom. The van der Waals surface area contributed by atoms with Gasteiger partial charge in [-0.15, -0.1) is 0 Å². The summed E-state index contributed by atoms with van der Waals surface area (Å²) in [6, 6.07) is 0.637. The average Bonchev–Trinajstić information content (AvgIpc) is 2.37. The van der Waals surface area contributed by atoms with Crippen molar-refractivity contribution in [3.05, 3.63) is 12.2 Å². The van der Waals surface area contributed by atoms with E-state index >= 15 is 0 Å². The summed E-state index contributed by atoms with van der Waals surface area (Å²) in [5, 5.41) is 0. The second-order valence-electron chi connectivity index (χ2n) is 3.60. The standard InChI is InChI=1S/C10H17NO/c1-9(5-7-12)8-10-4-3-6-11(10)2/h7,10H,1,3-6,8H2,2H3. The molecule has 1 unspecified atom stereocenters. The molecule has 1 heterocycles. The van der Waals surface area contributed by atoms with Crippen molar-refractivity contribution in [3.63, 3.8) is 0 Å². The number of likely N-dealkylation sites (tertiary alicyclic amines) is 1. The molecule has 2 nitrogen and oxygen atoms in total. The molecule has 0 aliphatic carbocycles. The highest BCUT2D eigenvalue weighted by Crippen LogP contribution is 2.21. The van der Waals surface area contributed by atoms with Crippen molar-refractivity contribution in [2.45, 2.75) is 31.7 Å². The fourth-order valence-electron chi connectivity index (χ4n) is 1.77. The van der Waals surface area contributed by atoms with Gasteiger partial charge in [0, 0.05) is 12.5 Å². The van der Waals surface area contributed by atoms with Crippen LogP contribution < -0.4 is 0 Å². The SMILES string of the molecule is C=C(CC=O)CC1CCCN1C. The maximum absolute atomic E-state index is 10.2. The lowest BCUT2D eigenvalue weighted by atomic mass is 10.0. The van der Waals surface area contributed by atoms with Gasteiger partial charge in [0.05, 0.1) is 0 Å². The predicted octanol–water partition coefficient (Wildman–Crippen LogP) is 1.62. The van der Waals surface area contributed by atoms with Gasteiger partial charge in [0.1, 0.15) is 6.29 Å². The molecule has 0 radical (unpaired) electrons. The van der Waals surface area contributed by atoms with Crippen LogP contribution in [0.5, 0.6) is 0 Å². The molecule has 2 heteroatoms. The fraction of sp³-hybridized carbons (Fsp3) is 0.700. The van der Waals surface area contributed by atoms with Crippen LogP contribution >= 0.6 is 0 Å². The van der Waals surface area contributed by atoms with Crippen LogP contribution in [0, 0.1) is 0 Å². The zero-order valence-corrected chi connectivity index (χ0v) is 7.75. The van der Waals surface area contributed by atoms with E-state index in [1.54, 1.807) is 0 Å². The summed E-state index contributed by atoms with van der Waals surface area (Å²) in [5.41, 5.74) is 1.07. The highest BCUT2D eigenvalue weighted by atomic mass is 16.1. The van der Waals surface area contributed by atoms with Gasteiger partial charge in [-0.1, -0.05) is 12.2 Å². The molecular weight excluding hydrogens is 150 g/mol. The normalized spacial score (nSPS) is 24.2. The summed E-state index contributed by atoms with van der Waals surface area (Å²) < 4.78 is 0. The highest BCUT2D eigenvalue weighted by molar-refractivity contribution is 5.53. The maximum atomic E-state index is 10.2. The van der Waals surface area contributed by atoms with E-state index in [1.807, 2.05) is 0 Å². The number of rotatable bonds is 4. The largest absolute Gasteiger partial charge is 0.303 e. The Morgan fingerprint density at radius 2 is 2.50 bits per heavy atom. The third kappa shape index (κ3) is 2.45. The lowest BCUT2D eigenvalue weighted by Crippen LogP contribution is -2.25. The molecular formula is C10H17NO. The minimum Gasteiger partial charge on any atom is -0.303 e. The van der Waals surface area contributed by atoms with Crippen molar-refractivity contribution in [2.24, 2.45) is 0 Å². The molecule has 0 aromatic heterocycles. The number of carbonyl (C=O) groups excluding carboxylic acids is 1. The molecule has 1 rings (SSSR count). The van der Waals surface area contributed by atoms with E-state index in [9.17, 15) is 4.79 Å². The smallest absolute Gasteiger partial charge is 0.124 e. The average molecular weight is 167 g/mol. The number of carbonyl (C=O) groups is 1.